The number of ether oxygens (including phenoxy) is 1. The Hall–Kier alpha value is -3.85. The molecular weight excluding hydrogens is 487 g/mol. The van der Waals surface area contributed by atoms with Crippen molar-refractivity contribution in [3.05, 3.63) is 89.0 Å². The van der Waals surface area contributed by atoms with Crippen LogP contribution in [0.15, 0.2) is 66.7 Å². The molecule has 37 heavy (non-hydrogen) atoms. The van der Waals surface area contributed by atoms with Gasteiger partial charge in [-0.25, -0.2) is 0 Å². The first-order chi connectivity index (χ1) is 17.4. The lowest BCUT2D eigenvalue weighted by atomic mass is 9.93. The molecule has 3 rings (SSSR count). The third-order valence-electron chi connectivity index (χ3n) is 6.18. The molecule has 196 valence electrons. The van der Waals surface area contributed by atoms with Crippen molar-refractivity contribution < 1.29 is 37.7 Å². The van der Waals surface area contributed by atoms with Crippen LogP contribution in [0.25, 0.3) is 11.1 Å². The number of methoxy groups -OCH3 is 1. The van der Waals surface area contributed by atoms with Crippen molar-refractivity contribution in [3.63, 3.8) is 0 Å². The maximum absolute atomic E-state index is 13.6. The summed E-state index contributed by atoms with van der Waals surface area (Å²) in [5.74, 6) is -1.16. The molecule has 0 radical (unpaired) electrons. The number of halogens is 3. The van der Waals surface area contributed by atoms with Crippen LogP contribution in [-0.4, -0.2) is 40.1 Å². The standard InChI is InChI=1S/C28H28F3NO5/c1-17(27(36)20-7-5-4-6-8-20)32(18(2)33)16-21-15-22(28(29,30)31)10-11-23(21)24-13-19(14-26(34)35)9-12-25(24)37-3/h4-13,15,17,27,36H,14,16H2,1-3H3,(H,34,35)/t17-,27+/m0/s1. The Morgan fingerprint density at radius 2 is 1.68 bits per heavy atom. The van der Waals surface area contributed by atoms with Crippen LogP contribution in [0.1, 0.15) is 42.2 Å². The molecular formula is C28H28F3NO5. The molecule has 3 aromatic rings. The van der Waals surface area contributed by atoms with Crippen LogP contribution >= 0.6 is 0 Å². The van der Waals surface area contributed by atoms with E-state index in [1.807, 2.05) is 0 Å². The van der Waals surface area contributed by atoms with Gasteiger partial charge in [0.25, 0.3) is 0 Å². The lowest BCUT2D eigenvalue weighted by Gasteiger charge is -2.33. The van der Waals surface area contributed by atoms with Crippen LogP contribution in [0.5, 0.6) is 5.75 Å². The Morgan fingerprint density at radius 1 is 1.00 bits per heavy atom. The number of benzene rings is 3. The number of aliphatic hydroxyl groups is 1. The van der Waals surface area contributed by atoms with E-state index in [0.717, 1.165) is 12.1 Å². The van der Waals surface area contributed by atoms with Crippen molar-refractivity contribution in [1.29, 1.82) is 0 Å². The highest BCUT2D eigenvalue weighted by atomic mass is 19.4. The molecule has 0 saturated heterocycles. The first kappa shape index (κ1) is 27.7. The van der Waals surface area contributed by atoms with E-state index in [2.05, 4.69) is 0 Å². The molecule has 0 aliphatic carbocycles. The average Bonchev–Trinajstić information content (AvgIpc) is 2.85. The fraction of sp³-hybridized carbons (Fsp3) is 0.286. The number of carboxylic acid groups (broad SMARTS) is 1. The fourth-order valence-electron chi connectivity index (χ4n) is 4.24. The van der Waals surface area contributed by atoms with Gasteiger partial charge in [-0.3, -0.25) is 9.59 Å². The first-order valence-electron chi connectivity index (χ1n) is 11.5. The van der Waals surface area contributed by atoms with E-state index in [1.54, 1.807) is 55.5 Å². The van der Waals surface area contributed by atoms with E-state index in [4.69, 9.17) is 4.74 Å². The Kier molecular flexibility index (Phi) is 8.60. The molecule has 2 N–H and O–H groups in total. The molecule has 2 atom stereocenters. The van der Waals surface area contributed by atoms with Crippen LogP contribution in [0.3, 0.4) is 0 Å². The summed E-state index contributed by atoms with van der Waals surface area (Å²) in [6, 6.07) is 15.8. The van der Waals surface area contributed by atoms with Crippen LogP contribution in [-0.2, 0) is 28.7 Å². The highest BCUT2D eigenvalue weighted by molar-refractivity contribution is 5.78. The topological polar surface area (TPSA) is 87.1 Å². The molecule has 1 amide bonds. The minimum atomic E-state index is -4.63. The molecule has 0 aliphatic rings. The van der Waals surface area contributed by atoms with Crippen molar-refractivity contribution in [1.82, 2.24) is 4.90 Å². The number of rotatable bonds is 9. The SMILES string of the molecule is COc1ccc(CC(=O)O)cc1-c1ccc(C(F)(F)F)cc1CN(C(C)=O)[C@@H](C)[C@@H](O)c1ccccc1. The summed E-state index contributed by atoms with van der Waals surface area (Å²) in [7, 11) is 1.40. The van der Waals surface area contributed by atoms with Gasteiger partial charge < -0.3 is 19.8 Å². The second kappa shape index (κ2) is 11.5. The van der Waals surface area contributed by atoms with Crippen molar-refractivity contribution in [3.8, 4) is 16.9 Å². The molecule has 0 saturated carbocycles. The Bertz CT molecular complexity index is 1260. The lowest BCUT2D eigenvalue weighted by molar-refractivity contribution is -0.138. The van der Waals surface area contributed by atoms with Crippen molar-refractivity contribution >= 4 is 11.9 Å². The van der Waals surface area contributed by atoms with Crippen LogP contribution in [0, 0.1) is 0 Å². The number of amides is 1. The molecule has 0 spiro atoms. The summed E-state index contributed by atoms with van der Waals surface area (Å²) in [5, 5.41) is 20.1. The van der Waals surface area contributed by atoms with Crippen LogP contribution < -0.4 is 4.74 Å². The van der Waals surface area contributed by atoms with Gasteiger partial charge in [-0.15, -0.1) is 0 Å². The number of carboxylic acids is 1. The van der Waals surface area contributed by atoms with Crippen LogP contribution in [0.2, 0.25) is 0 Å². The number of carbonyl (C=O) groups is 2. The molecule has 6 nitrogen and oxygen atoms in total. The van der Waals surface area contributed by atoms with E-state index in [-0.39, 0.29) is 18.5 Å². The average molecular weight is 516 g/mol. The largest absolute Gasteiger partial charge is 0.496 e. The summed E-state index contributed by atoms with van der Waals surface area (Å²) >= 11 is 0. The molecule has 0 heterocycles. The third kappa shape index (κ3) is 6.68. The van der Waals surface area contributed by atoms with Gasteiger partial charge in [-0.1, -0.05) is 42.5 Å². The zero-order valence-electron chi connectivity index (χ0n) is 20.6. The molecule has 0 aromatic heterocycles. The molecule has 0 bridgehead atoms. The number of nitrogens with zero attached hydrogens (tertiary/aromatic N) is 1. The Morgan fingerprint density at radius 3 is 2.24 bits per heavy atom. The predicted octanol–water partition coefficient (Wildman–Crippen LogP) is 5.48. The van der Waals surface area contributed by atoms with Gasteiger partial charge in [-0.05, 0) is 53.4 Å². The summed E-state index contributed by atoms with van der Waals surface area (Å²) in [4.78, 5) is 25.2. The normalized spacial score (nSPS) is 13.1. The maximum atomic E-state index is 13.6. The molecule has 9 heteroatoms. The highest BCUT2D eigenvalue weighted by Gasteiger charge is 2.32. The molecule has 3 aromatic carbocycles. The third-order valence-corrected chi connectivity index (χ3v) is 6.18. The minimum absolute atomic E-state index is 0.169. The van der Waals surface area contributed by atoms with E-state index >= 15 is 0 Å². The van der Waals surface area contributed by atoms with Crippen molar-refractivity contribution in [2.45, 2.75) is 45.1 Å². The summed E-state index contributed by atoms with van der Waals surface area (Å²) in [6.07, 6.45) is -5.99. The van der Waals surface area contributed by atoms with Gasteiger partial charge in [0.2, 0.25) is 5.91 Å². The summed E-state index contributed by atoms with van der Waals surface area (Å²) in [6.45, 7) is 2.68. The Balaban J connectivity index is 2.13. The minimum Gasteiger partial charge on any atom is -0.496 e. The maximum Gasteiger partial charge on any atom is 0.416 e. The van der Waals surface area contributed by atoms with Gasteiger partial charge >= 0.3 is 12.1 Å². The smallest absolute Gasteiger partial charge is 0.416 e. The quantitative estimate of drug-likeness (QED) is 0.394. The summed E-state index contributed by atoms with van der Waals surface area (Å²) in [5.41, 5.74) is 1.02. The van der Waals surface area contributed by atoms with Gasteiger partial charge in [-0.2, -0.15) is 13.2 Å². The number of alkyl halides is 3. The summed E-state index contributed by atoms with van der Waals surface area (Å²) < 4.78 is 46.4. The number of aliphatic carboxylic acids is 1. The van der Waals surface area contributed by atoms with Crippen molar-refractivity contribution in [2.75, 3.05) is 7.11 Å². The van der Waals surface area contributed by atoms with Gasteiger partial charge in [0.1, 0.15) is 5.75 Å². The number of aliphatic hydroxyl groups excluding tert-OH is 1. The highest BCUT2D eigenvalue weighted by Crippen LogP contribution is 2.38. The second-order valence-corrected chi connectivity index (χ2v) is 8.72. The van der Waals surface area contributed by atoms with E-state index in [9.17, 15) is 33.0 Å². The number of carbonyl (C=O) groups excluding carboxylic acids is 1. The van der Waals surface area contributed by atoms with E-state index in [1.165, 1.54) is 25.0 Å². The fourth-order valence-corrected chi connectivity index (χ4v) is 4.24. The van der Waals surface area contributed by atoms with Crippen molar-refractivity contribution in [2.24, 2.45) is 0 Å². The molecule has 0 aliphatic heterocycles. The monoisotopic (exact) mass is 515 g/mol. The second-order valence-electron chi connectivity index (χ2n) is 8.72. The lowest BCUT2D eigenvalue weighted by Crippen LogP contribution is -2.40. The zero-order valence-corrected chi connectivity index (χ0v) is 20.6. The molecule has 0 fully saturated rings. The zero-order chi connectivity index (χ0) is 27.3. The van der Waals surface area contributed by atoms with Gasteiger partial charge in [0.05, 0.1) is 31.2 Å². The number of hydrogen-bond donors (Lipinski definition) is 2. The van der Waals surface area contributed by atoms with E-state index in [0.29, 0.717) is 28.0 Å². The predicted molar refractivity (Wildman–Crippen MR) is 132 cm³/mol. The van der Waals surface area contributed by atoms with Gasteiger partial charge in [0.15, 0.2) is 0 Å². The first-order valence-corrected chi connectivity index (χ1v) is 11.5. The Labute approximate surface area is 212 Å². The number of hydrogen-bond acceptors (Lipinski definition) is 4. The van der Waals surface area contributed by atoms with E-state index < -0.39 is 35.8 Å². The van der Waals surface area contributed by atoms with Gasteiger partial charge in [0, 0.05) is 19.0 Å². The molecule has 0 unspecified atom stereocenters. The van der Waals surface area contributed by atoms with Crippen LogP contribution in [0.4, 0.5) is 13.2 Å².